The molecule has 106 valence electrons. The predicted octanol–water partition coefficient (Wildman–Crippen LogP) is 4.71. The standard InChI is InChI=1S/C15H15Br2NO2/c1-19-15-7-4-12(10-14(15)17)18-8-9-20-13-5-2-11(16)3-6-13/h2-7,10,18H,8-9H2,1H3. The highest BCUT2D eigenvalue weighted by atomic mass is 79.9. The zero-order valence-corrected chi connectivity index (χ0v) is 14.2. The molecule has 2 aromatic rings. The van der Waals surface area contributed by atoms with E-state index in [4.69, 9.17) is 9.47 Å². The van der Waals surface area contributed by atoms with E-state index in [1.165, 1.54) is 0 Å². The third kappa shape index (κ3) is 4.42. The minimum absolute atomic E-state index is 0.602. The van der Waals surface area contributed by atoms with Gasteiger partial charge in [0.1, 0.15) is 18.1 Å². The van der Waals surface area contributed by atoms with Gasteiger partial charge in [-0.25, -0.2) is 0 Å². The van der Waals surface area contributed by atoms with Crippen LogP contribution >= 0.6 is 31.9 Å². The zero-order valence-electron chi connectivity index (χ0n) is 11.0. The van der Waals surface area contributed by atoms with E-state index in [9.17, 15) is 0 Å². The van der Waals surface area contributed by atoms with Crippen molar-refractivity contribution in [3.8, 4) is 11.5 Å². The molecule has 0 spiro atoms. The molecule has 0 aliphatic carbocycles. The van der Waals surface area contributed by atoms with E-state index in [-0.39, 0.29) is 0 Å². The van der Waals surface area contributed by atoms with E-state index in [2.05, 4.69) is 37.2 Å². The maximum absolute atomic E-state index is 5.64. The van der Waals surface area contributed by atoms with E-state index in [1.807, 2.05) is 42.5 Å². The lowest BCUT2D eigenvalue weighted by atomic mass is 10.3. The summed E-state index contributed by atoms with van der Waals surface area (Å²) in [6.07, 6.45) is 0. The summed E-state index contributed by atoms with van der Waals surface area (Å²) in [6, 6.07) is 13.7. The van der Waals surface area contributed by atoms with Crippen LogP contribution in [0.5, 0.6) is 11.5 Å². The molecule has 0 radical (unpaired) electrons. The van der Waals surface area contributed by atoms with E-state index >= 15 is 0 Å². The summed E-state index contributed by atoms with van der Waals surface area (Å²) >= 11 is 6.85. The van der Waals surface area contributed by atoms with Crippen molar-refractivity contribution < 1.29 is 9.47 Å². The lowest BCUT2D eigenvalue weighted by Crippen LogP contribution is -2.11. The van der Waals surface area contributed by atoms with Gasteiger partial charge in [-0.1, -0.05) is 15.9 Å². The molecule has 0 saturated carbocycles. The van der Waals surface area contributed by atoms with Crippen molar-refractivity contribution in [2.75, 3.05) is 25.6 Å². The predicted molar refractivity (Wildman–Crippen MR) is 88.8 cm³/mol. The number of hydrogen-bond acceptors (Lipinski definition) is 3. The second-order valence-electron chi connectivity index (χ2n) is 4.08. The van der Waals surface area contributed by atoms with E-state index < -0.39 is 0 Å². The number of anilines is 1. The second-order valence-corrected chi connectivity index (χ2v) is 5.85. The molecule has 0 amide bonds. The summed E-state index contributed by atoms with van der Waals surface area (Å²) in [5, 5.41) is 3.30. The molecule has 0 aliphatic heterocycles. The summed E-state index contributed by atoms with van der Waals surface area (Å²) in [5.41, 5.74) is 1.03. The fourth-order valence-corrected chi connectivity index (χ4v) is 2.48. The number of benzene rings is 2. The molecule has 5 heteroatoms. The Morgan fingerprint density at radius 2 is 1.80 bits per heavy atom. The van der Waals surface area contributed by atoms with E-state index in [0.717, 1.165) is 32.7 Å². The SMILES string of the molecule is COc1ccc(NCCOc2ccc(Br)cc2)cc1Br. The number of methoxy groups -OCH3 is 1. The summed E-state index contributed by atoms with van der Waals surface area (Å²) in [7, 11) is 1.65. The quantitative estimate of drug-likeness (QED) is 0.712. The molecule has 0 unspecified atom stereocenters. The Morgan fingerprint density at radius 3 is 2.45 bits per heavy atom. The first-order valence-corrected chi connectivity index (χ1v) is 7.73. The van der Waals surface area contributed by atoms with Crippen LogP contribution in [0, 0.1) is 0 Å². The van der Waals surface area contributed by atoms with Crippen LogP contribution in [-0.2, 0) is 0 Å². The number of hydrogen-bond donors (Lipinski definition) is 1. The van der Waals surface area contributed by atoms with E-state index in [0.29, 0.717) is 6.61 Å². The smallest absolute Gasteiger partial charge is 0.133 e. The van der Waals surface area contributed by atoms with Gasteiger partial charge >= 0.3 is 0 Å². The normalized spacial score (nSPS) is 10.2. The van der Waals surface area contributed by atoms with Gasteiger partial charge in [-0.05, 0) is 58.4 Å². The number of ether oxygens (including phenoxy) is 2. The number of rotatable bonds is 6. The molecule has 20 heavy (non-hydrogen) atoms. The molecule has 0 aromatic heterocycles. The van der Waals surface area contributed by atoms with Crippen molar-refractivity contribution in [1.82, 2.24) is 0 Å². The van der Waals surface area contributed by atoms with E-state index in [1.54, 1.807) is 7.11 Å². The molecule has 0 atom stereocenters. The average molecular weight is 401 g/mol. The first kappa shape index (κ1) is 15.2. The Morgan fingerprint density at radius 1 is 1.05 bits per heavy atom. The van der Waals surface area contributed by atoms with Gasteiger partial charge in [0.15, 0.2) is 0 Å². The Labute approximate surface area is 135 Å². The van der Waals surface area contributed by atoms with Crippen LogP contribution in [0.3, 0.4) is 0 Å². The third-order valence-corrected chi connectivity index (χ3v) is 3.81. The monoisotopic (exact) mass is 399 g/mol. The average Bonchev–Trinajstić information content (AvgIpc) is 2.46. The Balaban J connectivity index is 1.78. The Kier molecular flexibility index (Phi) is 5.73. The van der Waals surface area contributed by atoms with Crippen LogP contribution in [0.15, 0.2) is 51.4 Å². The molecule has 3 nitrogen and oxygen atoms in total. The van der Waals surface area contributed by atoms with Crippen LogP contribution in [0.25, 0.3) is 0 Å². The molecule has 2 aromatic carbocycles. The highest BCUT2D eigenvalue weighted by molar-refractivity contribution is 9.10. The molecule has 0 saturated heterocycles. The summed E-state index contributed by atoms with van der Waals surface area (Å²) < 4.78 is 12.8. The Hall–Kier alpha value is -1.20. The van der Waals surface area contributed by atoms with Gasteiger partial charge in [0, 0.05) is 16.7 Å². The third-order valence-electron chi connectivity index (χ3n) is 2.67. The fraction of sp³-hybridized carbons (Fsp3) is 0.200. The topological polar surface area (TPSA) is 30.5 Å². The lowest BCUT2D eigenvalue weighted by molar-refractivity contribution is 0.333. The maximum Gasteiger partial charge on any atom is 0.133 e. The molecule has 1 N–H and O–H groups in total. The van der Waals surface area contributed by atoms with Gasteiger partial charge in [-0.3, -0.25) is 0 Å². The fourth-order valence-electron chi connectivity index (χ4n) is 1.67. The maximum atomic E-state index is 5.64. The Bertz CT molecular complexity index is 558. The zero-order chi connectivity index (χ0) is 14.4. The molecule has 2 rings (SSSR count). The van der Waals surface area contributed by atoms with Crippen LogP contribution in [0.1, 0.15) is 0 Å². The molecule has 0 aliphatic rings. The van der Waals surface area contributed by atoms with Gasteiger partial charge < -0.3 is 14.8 Å². The molecule has 0 bridgehead atoms. The first-order valence-electron chi connectivity index (χ1n) is 6.15. The minimum atomic E-state index is 0.602. The number of halogens is 2. The molecular formula is C15H15Br2NO2. The van der Waals surface area contributed by atoms with Gasteiger partial charge in [0.25, 0.3) is 0 Å². The second kappa shape index (κ2) is 7.55. The van der Waals surface area contributed by atoms with Crippen molar-refractivity contribution in [2.45, 2.75) is 0 Å². The van der Waals surface area contributed by atoms with Crippen LogP contribution in [0.4, 0.5) is 5.69 Å². The lowest BCUT2D eigenvalue weighted by Gasteiger charge is -2.10. The van der Waals surface area contributed by atoms with Gasteiger partial charge in [-0.15, -0.1) is 0 Å². The largest absolute Gasteiger partial charge is 0.496 e. The van der Waals surface area contributed by atoms with Gasteiger partial charge in [0.05, 0.1) is 11.6 Å². The molecule has 0 fully saturated rings. The van der Waals surface area contributed by atoms with Crippen molar-refractivity contribution in [2.24, 2.45) is 0 Å². The summed E-state index contributed by atoms with van der Waals surface area (Å²) in [6.45, 7) is 1.33. The minimum Gasteiger partial charge on any atom is -0.496 e. The van der Waals surface area contributed by atoms with Crippen molar-refractivity contribution in [3.63, 3.8) is 0 Å². The first-order chi connectivity index (χ1) is 9.69. The molecular weight excluding hydrogens is 386 g/mol. The summed E-state index contributed by atoms with van der Waals surface area (Å²) in [5.74, 6) is 1.69. The highest BCUT2D eigenvalue weighted by Crippen LogP contribution is 2.27. The summed E-state index contributed by atoms with van der Waals surface area (Å²) in [4.78, 5) is 0. The van der Waals surface area contributed by atoms with Gasteiger partial charge in [-0.2, -0.15) is 0 Å². The van der Waals surface area contributed by atoms with Gasteiger partial charge in [0.2, 0.25) is 0 Å². The van der Waals surface area contributed by atoms with Crippen molar-refractivity contribution in [1.29, 1.82) is 0 Å². The highest BCUT2D eigenvalue weighted by Gasteiger charge is 2.01. The van der Waals surface area contributed by atoms with Crippen molar-refractivity contribution in [3.05, 3.63) is 51.4 Å². The van der Waals surface area contributed by atoms with Crippen LogP contribution in [-0.4, -0.2) is 20.3 Å². The molecule has 0 heterocycles. The number of nitrogens with one attached hydrogen (secondary N) is 1. The van der Waals surface area contributed by atoms with Crippen LogP contribution < -0.4 is 14.8 Å². The van der Waals surface area contributed by atoms with Crippen molar-refractivity contribution >= 4 is 37.5 Å². The van der Waals surface area contributed by atoms with Crippen LogP contribution in [0.2, 0.25) is 0 Å².